The Kier molecular flexibility index (Phi) is 2.87. The summed E-state index contributed by atoms with van der Waals surface area (Å²) in [5, 5.41) is 2.92. The summed E-state index contributed by atoms with van der Waals surface area (Å²) in [5.74, 6) is 0. The third-order valence-electron chi connectivity index (χ3n) is 1.94. The SMILES string of the molecule is C[S+]([O-])C1=NS(=O)(=O)c2cc(Cl)ccc2N1. The molecule has 1 N–H and O–H groups in total. The molecule has 1 atom stereocenters. The van der Waals surface area contributed by atoms with Gasteiger partial charge in [0.05, 0.1) is 5.69 Å². The number of anilines is 1. The molecule has 1 aliphatic heterocycles. The number of rotatable bonds is 0. The first kappa shape index (κ1) is 11.7. The molecule has 86 valence electrons. The highest BCUT2D eigenvalue weighted by atomic mass is 35.5. The molecule has 8 heteroatoms. The highest BCUT2D eigenvalue weighted by molar-refractivity contribution is 8.07. The Labute approximate surface area is 101 Å². The normalized spacial score (nSPS) is 19.3. The zero-order valence-electron chi connectivity index (χ0n) is 8.10. The van der Waals surface area contributed by atoms with E-state index in [1.165, 1.54) is 18.4 Å². The van der Waals surface area contributed by atoms with Crippen molar-refractivity contribution in [3.05, 3.63) is 23.2 Å². The Morgan fingerprint density at radius 3 is 2.81 bits per heavy atom. The third-order valence-corrected chi connectivity index (χ3v) is 4.34. The molecule has 0 aromatic heterocycles. The lowest BCUT2D eigenvalue weighted by Gasteiger charge is -2.17. The van der Waals surface area contributed by atoms with Gasteiger partial charge in [0, 0.05) is 16.2 Å². The van der Waals surface area contributed by atoms with E-state index in [-0.39, 0.29) is 10.1 Å². The predicted octanol–water partition coefficient (Wildman–Crippen LogP) is 1.19. The number of nitrogens with one attached hydrogen (secondary N) is 1. The highest BCUT2D eigenvalue weighted by Crippen LogP contribution is 2.30. The summed E-state index contributed by atoms with van der Waals surface area (Å²) < 4.78 is 38.0. The van der Waals surface area contributed by atoms with Crippen molar-refractivity contribution < 1.29 is 13.0 Å². The van der Waals surface area contributed by atoms with Crippen molar-refractivity contribution in [1.29, 1.82) is 0 Å². The number of nitrogens with zero attached hydrogens (tertiary/aromatic N) is 1. The van der Waals surface area contributed by atoms with Gasteiger partial charge in [-0.3, -0.25) is 5.32 Å². The topological polar surface area (TPSA) is 81.6 Å². The molecule has 0 fully saturated rings. The summed E-state index contributed by atoms with van der Waals surface area (Å²) in [4.78, 5) is -0.00537. The fourth-order valence-corrected chi connectivity index (χ4v) is 3.47. The zero-order valence-corrected chi connectivity index (χ0v) is 10.5. The number of hydrogen-bond acceptors (Lipinski definition) is 4. The van der Waals surface area contributed by atoms with Crippen molar-refractivity contribution in [3.63, 3.8) is 0 Å². The van der Waals surface area contributed by atoms with E-state index in [1.54, 1.807) is 6.07 Å². The third kappa shape index (κ3) is 2.03. The van der Waals surface area contributed by atoms with Crippen molar-refractivity contribution in [1.82, 2.24) is 0 Å². The van der Waals surface area contributed by atoms with Crippen LogP contribution in [0.1, 0.15) is 0 Å². The predicted molar refractivity (Wildman–Crippen MR) is 63.8 cm³/mol. The summed E-state index contributed by atoms with van der Waals surface area (Å²) in [5.41, 5.74) is 0.338. The molecule has 16 heavy (non-hydrogen) atoms. The Hall–Kier alpha value is -0.760. The van der Waals surface area contributed by atoms with E-state index < -0.39 is 21.2 Å². The molecular formula is C8H7ClN2O3S2. The first-order valence-electron chi connectivity index (χ1n) is 4.15. The van der Waals surface area contributed by atoms with Gasteiger partial charge < -0.3 is 4.55 Å². The Morgan fingerprint density at radius 2 is 2.19 bits per heavy atom. The van der Waals surface area contributed by atoms with Crippen molar-refractivity contribution in [3.8, 4) is 0 Å². The summed E-state index contributed by atoms with van der Waals surface area (Å²) in [6, 6.07) is 4.36. The van der Waals surface area contributed by atoms with E-state index in [4.69, 9.17) is 11.6 Å². The van der Waals surface area contributed by atoms with Gasteiger partial charge in [-0.1, -0.05) is 16.0 Å². The molecule has 1 heterocycles. The van der Waals surface area contributed by atoms with Gasteiger partial charge in [-0.05, 0) is 18.2 Å². The monoisotopic (exact) mass is 278 g/mol. The van der Waals surface area contributed by atoms with E-state index in [9.17, 15) is 13.0 Å². The van der Waals surface area contributed by atoms with Crippen LogP contribution >= 0.6 is 11.6 Å². The van der Waals surface area contributed by atoms with Gasteiger partial charge in [-0.25, -0.2) is 0 Å². The van der Waals surface area contributed by atoms with E-state index >= 15 is 0 Å². The standard InChI is InChI=1S/C8H7ClN2O3S2/c1-15(12)8-10-6-3-2-5(9)4-7(6)16(13,14)11-8/h2-4H,1H3,(H,10,11). The van der Waals surface area contributed by atoms with Crippen LogP contribution in [0.2, 0.25) is 5.02 Å². The molecule has 2 rings (SSSR count). The van der Waals surface area contributed by atoms with Crippen LogP contribution in [0.15, 0.2) is 27.5 Å². The molecule has 0 aliphatic carbocycles. The highest BCUT2D eigenvalue weighted by Gasteiger charge is 2.29. The second-order valence-corrected chi connectivity index (χ2v) is 6.40. The van der Waals surface area contributed by atoms with Gasteiger partial charge in [-0.2, -0.15) is 8.42 Å². The minimum Gasteiger partial charge on any atom is -0.609 e. The van der Waals surface area contributed by atoms with Gasteiger partial charge >= 0.3 is 5.17 Å². The van der Waals surface area contributed by atoms with E-state index in [2.05, 4.69) is 9.71 Å². The maximum atomic E-state index is 11.7. The number of sulfonamides is 1. The fraction of sp³-hybridized carbons (Fsp3) is 0.125. The van der Waals surface area contributed by atoms with Crippen LogP contribution in [-0.4, -0.2) is 24.4 Å². The molecule has 1 aromatic carbocycles. The first-order valence-corrected chi connectivity index (χ1v) is 7.53. The minimum absolute atomic E-state index is 0.00537. The second-order valence-electron chi connectivity index (χ2n) is 3.09. The zero-order chi connectivity index (χ0) is 11.9. The van der Waals surface area contributed by atoms with Crippen molar-refractivity contribution in [2.45, 2.75) is 4.90 Å². The number of halogens is 1. The van der Waals surface area contributed by atoms with E-state index in [1.807, 2.05) is 0 Å². The molecule has 5 nitrogen and oxygen atoms in total. The van der Waals surface area contributed by atoms with Gasteiger partial charge in [0.2, 0.25) is 0 Å². The lowest BCUT2D eigenvalue weighted by Crippen LogP contribution is -2.28. The van der Waals surface area contributed by atoms with Crippen LogP contribution < -0.4 is 5.32 Å². The lowest BCUT2D eigenvalue weighted by atomic mass is 10.3. The average Bonchev–Trinajstić information content (AvgIpc) is 2.18. The maximum Gasteiger partial charge on any atom is 0.331 e. The summed E-state index contributed by atoms with van der Waals surface area (Å²) in [6.45, 7) is 0. The molecule has 0 amide bonds. The van der Waals surface area contributed by atoms with E-state index in [0.29, 0.717) is 10.7 Å². The number of fused-ring (bicyclic) bond motifs is 1. The lowest BCUT2D eigenvalue weighted by molar-refractivity contribution is 0.596. The van der Waals surface area contributed by atoms with Crippen LogP contribution in [0.4, 0.5) is 5.69 Å². The molecule has 0 saturated carbocycles. The van der Waals surface area contributed by atoms with Crippen LogP contribution in [-0.2, 0) is 21.2 Å². The Bertz CT molecular complexity index is 569. The van der Waals surface area contributed by atoms with E-state index in [0.717, 1.165) is 0 Å². The van der Waals surface area contributed by atoms with Crippen molar-refractivity contribution >= 4 is 43.7 Å². The largest absolute Gasteiger partial charge is 0.609 e. The molecule has 1 aromatic rings. The van der Waals surface area contributed by atoms with Crippen LogP contribution in [0, 0.1) is 0 Å². The molecule has 1 aliphatic rings. The van der Waals surface area contributed by atoms with Crippen LogP contribution in [0.5, 0.6) is 0 Å². The molecule has 1 unspecified atom stereocenters. The summed E-state index contributed by atoms with van der Waals surface area (Å²) in [6.07, 6.45) is 1.35. The summed E-state index contributed by atoms with van der Waals surface area (Å²) in [7, 11) is -3.81. The quantitative estimate of drug-likeness (QED) is 0.723. The molecule has 0 spiro atoms. The second kappa shape index (κ2) is 3.92. The van der Waals surface area contributed by atoms with Crippen LogP contribution in [0.3, 0.4) is 0 Å². The molecule has 0 saturated heterocycles. The first-order chi connectivity index (χ1) is 7.40. The maximum absolute atomic E-state index is 11.7. The molecule has 0 bridgehead atoms. The minimum atomic E-state index is -3.81. The Balaban J connectivity index is 2.62. The van der Waals surface area contributed by atoms with Crippen LogP contribution in [0.25, 0.3) is 0 Å². The Morgan fingerprint density at radius 1 is 1.50 bits per heavy atom. The fourth-order valence-electron chi connectivity index (χ4n) is 1.23. The number of benzene rings is 1. The smallest absolute Gasteiger partial charge is 0.331 e. The van der Waals surface area contributed by atoms with Crippen molar-refractivity contribution in [2.75, 3.05) is 11.6 Å². The van der Waals surface area contributed by atoms with Crippen molar-refractivity contribution in [2.24, 2.45) is 4.40 Å². The number of amidine groups is 1. The van der Waals surface area contributed by atoms with Gasteiger partial charge in [0.15, 0.2) is 0 Å². The molecule has 0 radical (unpaired) electrons. The number of hydrogen-bond donors (Lipinski definition) is 1. The average molecular weight is 279 g/mol. The van der Waals surface area contributed by atoms with Gasteiger partial charge in [0.1, 0.15) is 11.2 Å². The molecular weight excluding hydrogens is 272 g/mol. The van der Waals surface area contributed by atoms with Gasteiger partial charge in [0.25, 0.3) is 10.0 Å². The van der Waals surface area contributed by atoms with Gasteiger partial charge in [-0.15, -0.1) is 0 Å². The summed E-state index contributed by atoms with van der Waals surface area (Å²) >= 11 is 4.22.